The molecule has 3 heteroatoms. The predicted octanol–water partition coefficient (Wildman–Crippen LogP) is 5.16. The van der Waals surface area contributed by atoms with Crippen LogP contribution in [0.3, 0.4) is 0 Å². The Balaban J connectivity index is 1.97. The van der Waals surface area contributed by atoms with E-state index in [4.69, 9.17) is 11.6 Å². The van der Waals surface area contributed by atoms with Crippen LogP contribution >= 0.6 is 11.6 Å². The molecule has 0 saturated heterocycles. The van der Waals surface area contributed by atoms with Crippen LogP contribution in [0.2, 0.25) is 5.02 Å². The van der Waals surface area contributed by atoms with Gasteiger partial charge in [-0.15, -0.1) is 0 Å². The molecule has 1 aliphatic carbocycles. The Hall–Kier alpha value is -1.02. The van der Waals surface area contributed by atoms with Gasteiger partial charge in [0.05, 0.1) is 5.69 Å². The minimum Gasteiger partial charge on any atom is -0.279 e. The molecule has 2 rings (SSSR count). The van der Waals surface area contributed by atoms with Crippen LogP contribution in [0.4, 0.5) is 5.69 Å². The summed E-state index contributed by atoms with van der Waals surface area (Å²) in [5.74, 6) is 0. The smallest absolute Gasteiger partial charge is 0.0576 e. The molecular formula is C15H21ClN2. The standard InChI is InChI=1S/C15H21ClN2/c1-12-9-10-14(11-15(12)16)18-17-13-7-5-3-2-4-6-8-13/h9-11,18H,2-8H2,1H3. The Morgan fingerprint density at radius 1 is 1.06 bits per heavy atom. The Kier molecular flexibility index (Phi) is 5.06. The van der Waals surface area contributed by atoms with Gasteiger partial charge in [-0.3, -0.25) is 5.43 Å². The summed E-state index contributed by atoms with van der Waals surface area (Å²) in [6, 6.07) is 5.97. The number of rotatable bonds is 2. The van der Waals surface area contributed by atoms with Crippen LogP contribution in [-0.4, -0.2) is 5.71 Å². The molecule has 0 atom stereocenters. The fourth-order valence-corrected chi connectivity index (χ4v) is 2.41. The number of anilines is 1. The van der Waals surface area contributed by atoms with Crippen molar-refractivity contribution in [1.82, 2.24) is 0 Å². The second kappa shape index (κ2) is 6.79. The average molecular weight is 265 g/mol. The largest absolute Gasteiger partial charge is 0.279 e. The maximum Gasteiger partial charge on any atom is 0.0576 e. The number of nitrogens with zero attached hydrogens (tertiary/aromatic N) is 1. The van der Waals surface area contributed by atoms with Crippen LogP contribution in [0.5, 0.6) is 0 Å². The van der Waals surface area contributed by atoms with Gasteiger partial charge in [0.25, 0.3) is 0 Å². The predicted molar refractivity (Wildman–Crippen MR) is 79.6 cm³/mol. The average Bonchev–Trinajstić information content (AvgIpc) is 2.32. The van der Waals surface area contributed by atoms with Gasteiger partial charge in [-0.25, -0.2) is 0 Å². The minimum absolute atomic E-state index is 0.790. The van der Waals surface area contributed by atoms with Crippen LogP contribution in [0, 0.1) is 6.92 Å². The lowest BCUT2D eigenvalue weighted by Gasteiger charge is -2.11. The molecule has 1 aromatic carbocycles. The van der Waals surface area contributed by atoms with Gasteiger partial charge in [-0.1, -0.05) is 36.9 Å². The lowest BCUT2D eigenvalue weighted by Crippen LogP contribution is -2.05. The maximum atomic E-state index is 6.09. The molecule has 0 aliphatic heterocycles. The molecule has 0 aromatic heterocycles. The normalized spacial score (nSPS) is 16.9. The van der Waals surface area contributed by atoms with Gasteiger partial charge in [0, 0.05) is 10.7 Å². The molecule has 0 bridgehead atoms. The molecule has 1 saturated carbocycles. The molecule has 0 radical (unpaired) electrons. The fourth-order valence-electron chi connectivity index (χ4n) is 2.23. The summed E-state index contributed by atoms with van der Waals surface area (Å²) in [5.41, 5.74) is 6.50. The van der Waals surface area contributed by atoms with Crippen LogP contribution in [-0.2, 0) is 0 Å². The molecule has 1 aliphatic rings. The highest BCUT2D eigenvalue weighted by atomic mass is 35.5. The highest BCUT2D eigenvalue weighted by Crippen LogP contribution is 2.20. The van der Waals surface area contributed by atoms with E-state index in [1.807, 2.05) is 25.1 Å². The van der Waals surface area contributed by atoms with Gasteiger partial charge in [-0.2, -0.15) is 5.10 Å². The lowest BCUT2D eigenvalue weighted by molar-refractivity contribution is 0.606. The Morgan fingerprint density at radius 2 is 1.72 bits per heavy atom. The fraction of sp³-hybridized carbons (Fsp3) is 0.533. The van der Waals surface area contributed by atoms with Crippen molar-refractivity contribution in [1.29, 1.82) is 0 Å². The van der Waals surface area contributed by atoms with Gasteiger partial charge in [0.2, 0.25) is 0 Å². The van der Waals surface area contributed by atoms with E-state index in [0.29, 0.717) is 0 Å². The Bertz CT molecular complexity index is 417. The maximum absolute atomic E-state index is 6.09. The molecule has 0 heterocycles. The summed E-state index contributed by atoms with van der Waals surface area (Å²) in [5, 5.41) is 5.32. The molecule has 0 unspecified atom stereocenters. The summed E-state index contributed by atoms with van der Waals surface area (Å²) in [7, 11) is 0. The summed E-state index contributed by atoms with van der Waals surface area (Å²) < 4.78 is 0. The van der Waals surface area contributed by atoms with Crippen LogP contribution in [0.15, 0.2) is 23.3 Å². The number of halogens is 1. The molecule has 1 fully saturated rings. The van der Waals surface area contributed by atoms with Gasteiger partial charge in [0.15, 0.2) is 0 Å². The van der Waals surface area contributed by atoms with Crippen molar-refractivity contribution in [2.24, 2.45) is 5.10 Å². The molecule has 2 nitrogen and oxygen atoms in total. The van der Waals surface area contributed by atoms with E-state index >= 15 is 0 Å². The van der Waals surface area contributed by atoms with E-state index in [-0.39, 0.29) is 0 Å². The lowest BCUT2D eigenvalue weighted by atomic mass is 9.99. The number of benzene rings is 1. The zero-order chi connectivity index (χ0) is 12.8. The van der Waals surface area contributed by atoms with E-state index < -0.39 is 0 Å². The number of hydrogen-bond donors (Lipinski definition) is 1. The molecule has 0 spiro atoms. The molecular weight excluding hydrogens is 244 g/mol. The van der Waals surface area contributed by atoms with Crippen LogP contribution in [0.1, 0.15) is 50.5 Å². The number of hydrazone groups is 1. The highest BCUT2D eigenvalue weighted by molar-refractivity contribution is 6.31. The van der Waals surface area contributed by atoms with Crippen molar-refractivity contribution in [3.05, 3.63) is 28.8 Å². The molecule has 1 N–H and O–H groups in total. The van der Waals surface area contributed by atoms with Crippen LogP contribution < -0.4 is 5.43 Å². The third-order valence-corrected chi connectivity index (χ3v) is 3.85. The van der Waals surface area contributed by atoms with E-state index in [1.165, 1.54) is 37.8 Å². The van der Waals surface area contributed by atoms with Gasteiger partial charge >= 0.3 is 0 Å². The minimum atomic E-state index is 0.790. The Labute approximate surface area is 114 Å². The van der Waals surface area contributed by atoms with E-state index in [2.05, 4.69) is 10.5 Å². The van der Waals surface area contributed by atoms with Crippen molar-refractivity contribution in [3.8, 4) is 0 Å². The monoisotopic (exact) mass is 264 g/mol. The van der Waals surface area contributed by atoms with Crippen molar-refractivity contribution in [2.75, 3.05) is 5.43 Å². The first-order valence-corrected chi connectivity index (χ1v) is 7.21. The zero-order valence-corrected chi connectivity index (χ0v) is 11.8. The van der Waals surface area contributed by atoms with Crippen molar-refractivity contribution < 1.29 is 0 Å². The van der Waals surface area contributed by atoms with Crippen molar-refractivity contribution in [3.63, 3.8) is 0 Å². The van der Waals surface area contributed by atoms with Crippen molar-refractivity contribution >= 4 is 23.0 Å². The topological polar surface area (TPSA) is 24.4 Å². The number of hydrogen-bond acceptors (Lipinski definition) is 2. The molecule has 0 amide bonds. The molecule has 18 heavy (non-hydrogen) atoms. The second-order valence-corrected chi connectivity index (χ2v) is 5.43. The van der Waals surface area contributed by atoms with E-state index in [1.54, 1.807) is 0 Å². The summed E-state index contributed by atoms with van der Waals surface area (Å²) in [4.78, 5) is 0. The Morgan fingerprint density at radius 3 is 2.39 bits per heavy atom. The van der Waals surface area contributed by atoms with Gasteiger partial charge in [0.1, 0.15) is 0 Å². The molecule has 98 valence electrons. The van der Waals surface area contributed by atoms with E-state index in [9.17, 15) is 0 Å². The first-order valence-electron chi connectivity index (χ1n) is 6.83. The highest BCUT2D eigenvalue weighted by Gasteiger charge is 2.05. The third kappa shape index (κ3) is 4.02. The summed E-state index contributed by atoms with van der Waals surface area (Å²) in [6.45, 7) is 2.01. The van der Waals surface area contributed by atoms with Gasteiger partial charge < -0.3 is 0 Å². The van der Waals surface area contributed by atoms with Crippen molar-refractivity contribution in [2.45, 2.75) is 51.9 Å². The molecule has 1 aromatic rings. The summed E-state index contributed by atoms with van der Waals surface area (Å²) in [6.07, 6.45) is 8.88. The number of aryl methyl sites for hydroxylation is 1. The zero-order valence-electron chi connectivity index (χ0n) is 11.0. The quantitative estimate of drug-likeness (QED) is 0.733. The second-order valence-electron chi connectivity index (χ2n) is 5.02. The summed E-state index contributed by atoms with van der Waals surface area (Å²) >= 11 is 6.09. The first-order chi connectivity index (χ1) is 8.75. The third-order valence-electron chi connectivity index (χ3n) is 3.45. The van der Waals surface area contributed by atoms with E-state index in [0.717, 1.165) is 29.1 Å². The first kappa shape index (κ1) is 13.4. The van der Waals surface area contributed by atoms with Gasteiger partial charge in [-0.05, 0) is 50.3 Å². The number of nitrogens with one attached hydrogen (secondary N) is 1. The van der Waals surface area contributed by atoms with Crippen LogP contribution in [0.25, 0.3) is 0 Å². The SMILES string of the molecule is Cc1ccc(NN=C2CCCCCCC2)cc1Cl.